The highest BCUT2D eigenvalue weighted by molar-refractivity contribution is 5.76. The summed E-state index contributed by atoms with van der Waals surface area (Å²) in [4.78, 5) is 67.2. The largest absolute Gasteiger partial charge is 0.481 e. The summed E-state index contributed by atoms with van der Waals surface area (Å²) in [5, 5.41) is 203. The third-order valence-corrected chi connectivity index (χ3v) is 27.6. The van der Waals surface area contributed by atoms with Crippen molar-refractivity contribution in [3.8, 4) is 0 Å². The van der Waals surface area contributed by atoms with E-state index in [9.17, 15) is 106 Å². The minimum absolute atomic E-state index is 0.0118. The van der Waals surface area contributed by atoms with E-state index in [2.05, 4.69) is 51.3 Å². The number of aliphatic carboxylic acids is 2. The van der Waals surface area contributed by atoms with E-state index in [1.807, 2.05) is 0 Å². The molecule has 2 amide bonds. The minimum Gasteiger partial charge on any atom is -0.481 e. The van der Waals surface area contributed by atoms with Gasteiger partial charge in [-0.2, -0.15) is 0 Å². The smallest absolute Gasteiger partial charge is 0.410 e. The average molecular weight is 1620 g/mol. The van der Waals surface area contributed by atoms with E-state index >= 15 is 4.79 Å². The predicted molar refractivity (Wildman–Crippen MR) is 381 cm³/mol. The molecule has 646 valence electrons. The summed E-state index contributed by atoms with van der Waals surface area (Å²) in [6, 6.07) is -1.46. The van der Waals surface area contributed by atoms with Crippen molar-refractivity contribution in [3.63, 3.8) is 0 Å². The molecule has 6 aliphatic heterocycles. The topological polar surface area (TPSA) is 584 Å². The maximum Gasteiger partial charge on any atom is 0.410 e. The van der Waals surface area contributed by atoms with Crippen LogP contribution in [0.4, 0.5) is 4.79 Å². The Hall–Kier alpha value is -3.99. The molecule has 4 saturated carbocycles. The molecule has 0 bridgehead atoms. The van der Waals surface area contributed by atoms with Crippen LogP contribution >= 0.6 is 0 Å². The number of ether oxygens (including phenoxy) is 12. The van der Waals surface area contributed by atoms with E-state index in [-0.39, 0.29) is 43.4 Å². The number of aliphatic hydroxyl groups is 16. The molecule has 10 fully saturated rings. The molecule has 20 N–H and O–H groups in total. The van der Waals surface area contributed by atoms with Crippen molar-refractivity contribution < 1.29 is 173 Å². The Morgan fingerprint density at radius 1 is 0.531 bits per heavy atom. The third kappa shape index (κ3) is 17.7. The van der Waals surface area contributed by atoms with Gasteiger partial charge in [0.25, 0.3) is 0 Å². The van der Waals surface area contributed by atoms with E-state index in [0.29, 0.717) is 57.8 Å². The zero-order chi connectivity index (χ0) is 82.5. The second kappa shape index (κ2) is 36.1. The fourth-order valence-electron chi connectivity index (χ4n) is 20.9. The number of nitrogens with one attached hydrogen (secondary N) is 2. The number of unbranched alkanes of at least 4 members (excludes halogenated alkanes) is 7. The molecule has 0 aromatic heterocycles. The van der Waals surface area contributed by atoms with E-state index in [1.165, 1.54) is 6.92 Å². The molecule has 6 heterocycles. The maximum absolute atomic E-state index is 15.2. The Labute approximate surface area is 654 Å². The first-order chi connectivity index (χ1) is 53.2. The standard InChI is InChI=1S/C76H122N2O35/c1-33-58(108-64-53(94)47(88)36(82)30-102-64)52(93)56(97)66(104-33)111-61-50(91)46(77-44(85)16-14-12-10-8-9-11-13-15-17-45(86)87)38(28-79)105-68(61)113-70(101)78-76-25-24-71(2,3)26-35(76)34-18-19-41-72(4)22-21-43(73(5,32-81)40(72)20-23-74(41,6)75(34,7)27-42(76)84)107-69-62(112-67-55(96)51(92)49(90)39(29-80)106-67)59(57(98)60(110-69)63(99)100)109-65-54(95)48(89)37(83)31-103-65/h18,32-33,35-43,46-62,64-69,79-80,82-84,88-98H,8-17,19-31H2,1-7H3,(H,77,85)(H,78,101)(H,86,87)(H,99,100)/t33?,35?,36-,37-,38?,39?,40-,41?,42?,43+,46+,47?,48+,49+,50?,51+,52?,53?,54?,55?,56?,57+,58+,59+,60?,61?,62?,64+,65+,66+,67+,68-,69-,72?,73-,74?,75-,76-/m1/s1. The lowest BCUT2D eigenvalue weighted by Crippen LogP contribution is -2.73. The molecule has 0 aromatic rings. The number of carbonyl (C=O) groups excluding carboxylic acids is 3. The summed E-state index contributed by atoms with van der Waals surface area (Å²) in [6.45, 7) is 10.9. The molecule has 113 heavy (non-hydrogen) atoms. The molecule has 37 heteroatoms. The lowest BCUT2D eigenvalue weighted by molar-refractivity contribution is -0.391. The third-order valence-electron chi connectivity index (χ3n) is 27.6. The van der Waals surface area contributed by atoms with Gasteiger partial charge in [0, 0.05) is 18.8 Å². The van der Waals surface area contributed by atoms with Gasteiger partial charge in [-0.05, 0) is 111 Å². The zero-order valence-electron chi connectivity index (χ0n) is 65.0. The van der Waals surface area contributed by atoms with Crippen LogP contribution in [0, 0.1) is 44.8 Å². The Morgan fingerprint density at radius 3 is 1.69 bits per heavy atom. The van der Waals surface area contributed by atoms with Gasteiger partial charge in [-0.3, -0.25) is 9.59 Å². The molecule has 0 aromatic carbocycles. The number of hydrogen-bond acceptors (Lipinski definition) is 33. The summed E-state index contributed by atoms with van der Waals surface area (Å²) in [5.41, 5.74) is -4.44. The van der Waals surface area contributed by atoms with E-state index in [0.717, 1.165) is 44.0 Å². The molecule has 37 nitrogen and oxygen atoms in total. The first kappa shape index (κ1) is 89.8. The van der Waals surface area contributed by atoms with Gasteiger partial charge in [-0.1, -0.05) is 91.7 Å². The average Bonchev–Trinajstić information content (AvgIpc) is 0.671. The Kier molecular flexibility index (Phi) is 28.7. The number of amides is 2. The monoisotopic (exact) mass is 1620 g/mol. The quantitative estimate of drug-likeness (QED) is 0.0163. The second-order valence-corrected chi connectivity index (χ2v) is 35.2. The van der Waals surface area contributed by atoms with Crippen molar-refractivity contribution in [2.75, 3.05) is 26.4 Å². The summed E-state index contributed by atoms with van der Waals surface area (Å²) in [5.74, 6) is -4.40. The van der Waals surface area contributed by atoms with Gasteiger partial charge in [0.1, 0.15) is 116 Å². The number of alkyl carbamates (subject to hydrolysis) is 1. The first-order valence-corrected chi connectivity index (χ1v) is 40.0. The summed E-state index contributed by atoms with van der Waals surface area (Å²) in [7, 11) is 0. The Bertz CT molecular complexity index is 3270. The molecule has 0 radical (unpaired) electrons. The SMILES string of the molecule is CC1O[C@@H](OC2C(O)[C@@H](NC(=O)CCCCCCCCCCC(=O)O)C(CO)O[C@@H]2OC(=O)N[C@]23CCC(C)(C)CC2C2=CCC4C5(C)CC[C@H](O[C@@H]6OC(C(=O)O)[C@@H](O)[C@H](O[C@@H]7OC[C@@H](O)[C@H](O)C7O)C6O[C@@H]6OC(CO)[C@H](O)[C@H](O)C6O)[C@](C)(C=O)[C@@H]5CCC4(C)[C@]2(C)CC3O)C(O)C(O)[C@H]1O[C@@H]1OC[C@@H](O)C(O)C1O. The van der Waals surface area contributed by atoms with Gasteiger partial charge in [-0.15, -0.1) is 0 Å². The van der Waals surface area contributed by atoms with E-state index in [1.54, 1.807) is 6.92 Å². The predicted octanol–water partition coefficient (Wildman–Crippen LogP) is -2.79. The maximum atomic E-state index is 15.2. The first-order valence-electron chi connectivity index (χ1n) is 40.0. The van der Waals surface area contributed by atoms with Crippen LogP contribution in [-0.2, 0) is 76.0 Å². The summed E-state index contributed by atoms with van der Waals surface area (Å²) < 4.78 is 72.4. The molecule has 11 aliphatic rings. The number of carboxylic acids is 2. The fraction of sp³-hybridized carbons (Fsp3) is 0.908. The normalized spacial score (nSPS) is 48.4. The van der Waals surface area contributed by atoms with E-state index < -0.39 is 274 Å². The van der Waals surface area contributed by atoms with Crippen LogP contribution in [0.15, 0.2) is 11.6 Å². The molecule has 5 aliphatic carbocycles. The molecule has 11 rings (SSSR count). The van der Waals surface area contributed by atoms with E-state index in [4.69, 9.17) is 61.9 Å². The van der Waals surface area contributed by atoms with Gasteiger partial charge in [-0.25, -0.2) is 9.59 Å². The molecular weight excluding hydrogens is 1500 g/mol. The molecule has 18 unspecified atom stereocenters. The van der Waals surface area contributed by atoms with Gasteiger partial charge >= 0.3 is 18.0 Å². The highest BCUT2D eigenvalue weighted by atomic mass is 16.8. The lowest BCUT2D eigenvalue weighted by Gasteiger charge is -2.72. The van der Waals surface area contributed by atoms with Gasteiger partial charge in [0.2, 0.25) is 12.2 Å². The van der Waals surface area contributed by atoms with Crippen molar-refractivity contribution in [2.45, 2.75) is 360 Å². The number of fused-ring (bicyclic) bond motifs is 7. The van der Waals surface area contributed by atoms with Crippen molar-refractivity contribution in [1.82, 2.24) is 10.6 Å². The van der Waals surface area contributed by atoms with Crippen molar-refractivity contribution >= 4 is 30.2 Å². The zero-order valence-corrected chi connectivity index (χ0v) is 65.0. The highest BCUT2D eigenvalue weighted by Gasteiger charge is 2.72. The molecule has 6 saturated heterocycles. The van der Waals surface area contributed by atoms with Crippen LogP contribution in [0.1, 0.15) is 170 Å². The van der Waals surface area contributed by atoms with Crippen LogP contribution in [0.25, 0.3) is 0 Å². The van der Waals surface area contributed by atoms with Crippen LogP contribution in [-0.4, -0.2) is 338 Å². The number of hydrogen-bond donors (Lipinski definition) is 20. The van der Waals surface area contributed by atoms with Crippen molar-refractivity contribution in [3.05, 3.63) is 11.6 Å². The lowest BCUT2D eigenvalue weighted by atomic mass is 9.34. The molecule has 0 spiro atoms. The van der Waals surface area contributed by atoms with Gasteiger partial charge < -0.3 is 164 Å². The molecular formula is C76H122N2O35. The second-order valence-electron chi connectivity index (χ2n) is 35.2. The number of rotatable bonds is 28. The van der Waals surface area contributed by atoms with Gasteiger partial charge in [0.15, 0.2) is 43.7 Å². The van der Waals surface area contributed by atoms with Crippen molar-refractivity contribution in [1.29, 1.82) is 0 Å². The number of aliphatic hydroxyl groups excluding tert-OH is 16. The Morgan fingerprint density at radius 2 is 1.09 bits per heavy atom. The van der Waals surface area contributed by atoms with Crippen molar-refractivity contribution in [2.24, 2.45) is 44.8 Å². The summed E-state index contributed by atoms with van der Waals surface area (Å²) in [6.07, 6.45) is -41.1. The number of carboxylic acid groups (broad SMARTS) is 2. The minimum atomic E-state index is -2.23. The number of allylic oxidation sites excluding steroid dienone is 1. The highest BCUT2D eigenvalue weighted by Crippen LogP contribution is 2.75. The molecule has 38 atom stereocenters. The summed E-state index contributed by atoms with van der Waals surface area (Å²) >= 11 is 0. The fourth-order valence-corrected chi connectivity index (χ4v) is 20.9. The van der Waals surface area contributed by atoms with Gasteiger partial charge in [0.05, 0.1) is 61.7 Å². The number of aldehydes is 1. The van der Waals surface area contributed by atoms with Crippen LogP contribution in [0.5, 0.6) is 0 Å². The van der Waals surface area contributed by atoms with Crippen LogP contribution in [0.3, 0.4) is 0 Å². The number of carbonyl (C=O) groups is 5. The Balaban J connectivity index is 0.834. The van der Waals surface area contributed by atoms with Crippen LogP contribution in [0.2, 0.25) is 0 Å². The van der Waals surface area contributed by atoms with Crippen LogP contribution < -0.4 is 10.6 Å².